The Kier molecular flexibility index (Phi) is 6.64. The van der Waals surface area contributed by atoms with Crippen molar-refractivity contribution in [2.24, 2.45) is 0 Å². The third kappa shape index (κ3) is 3.95. The topological polar surface area (TPSA) is 114 Å². The first-order valence-electron chi connectivity index (χ1n) is 12.7. The Hall–Kier alpha value is -1.35. The van der Waals surface area contributed by atoms with Crippen LogP contribution in [0.5, 0.6) is 0 Å². The Balaban J connectivity index is 1.82. The Bertz CT molecular complexity index is 1050. The zero-order chi connectivity index (χ0) is 25.9. The molecule has 0 aromatic carbocycles. The summed E-state index contributed by atoms with van der Waals surface area (Å²) in [6.07, 6.45) is -1.69. The first-order valence-corrected chi connectivity index (χ1v) is 16.2. The Labute approximate surface area is 205 Å². The van der Waals surface area contributed by atoms with Gasteiger partial charge in [0.15, 0.2) is 6.23 Å². The SMILES string of the molecule is [2H][C@@]1(O)[C@@H]2O[Si](C(C)C)(C(C)C)O[Si](C(C)C)(C(C)C)OC[C@H]2O[C@H]1n1ccc2c(N)ncnc21. The van der Waals surface area contributed by atoms with Crippen LogP contribution >= 0.6 is 0 Å². The van der Waals surface area contributed by atoms with Gasteiger partial charge in [-0.1, -0.05) is 55.4 Å². The lowest BCUT2D eigenvalue weighted by atomic mass is 10.1. The van der Waals surface area contributed by atoms with E-state index < -0.39 is 41.6 Å². The molecule has 2 aromatic heterocycles. The van der Waals surface area contributed by atoms with Crippen LogP contribution in [-0.2, 0) is 17.7 Å². The summed E-state index contributed by atoms with van der Waals surface area (Å²) in [7, 11) is -5.77. The lowest BCUT2D eigenvalue weighted by Gasteiger charge is -2.51. The van der Waals surface area contributed by atoms with E-state index >= 15 is 0 Å². The molecule has 0 spiro atoms. The molecular weight excluding hydrogens is 468 g/mol. The molecule has 2 aliphatic heterocycles. The molecule has 0 aliphatic carbocycles. The normalized spacial score (nSPS) is 31.8. The van der Waals surface area contributed by atoms with Gasteiger partial charge in [0.25, 0.3) is 0 Å². The fraction of sp³-hybridized carbons (Fsp3) is 0.739. The minimum atomic E-state index is -3.01. The smallest absolute Gasteiger partial charge is 0.335 e. The Morgan fingerprint density at radius 2 is 1.68 bits per heavy atom. The largest absolute Gasteiger partial charge is 0.414 e. The Morgan fingerprint density at radius 1 is 1.06 bits per heavy atom. The third-order valence-corrected chi connectivity index (χ3v) is 17.5. The summed E-state index contributed by atoms with van der Waals surface area (Å²) in [5, 5.41) is 12.3. The summed E-state index contributed by atoms with van der Waals surface area (Å²) in [5.41, 5.74) is 7.03. The summed E-state index contributed by atoms with van der Waals surface area (Å²) in [5.74, 6) is 0.329. The van der Waals surface area contributed by atoms with E-state index in [4.69, 9.17) is 24.8 Å². The van der Waals surface area contributed by atoms with E-state index in [0.717, 1.165) is 0 Å². The first-order chi connectivity index (χ1) is 16.3. The van der Waals surface area contributed by atoms with E-state index in [-0.39, 0.29) is 28.8 Å². The monoisotopic (exact) mass is 509 g/mol. The molecule has 3 N–H and O–H groups in total. The fourth-order valence-corrected chi connectivity index (χ4v) is 16.6. The van der Waals surface area contributed by atoms with Crippen molar-refractivity contribution >= 4 is 34.0 Å². The second kappa shape index (κ2) is 9.27. The van der Waals surface area contributed by atoms with E-state index in [0.29, 0.717) is 16.9 Å². The lowest BCUT2D eigenvalue weighted by molar-refractivity contribution is -0.0568. The number of ether oxygens (including phenoxy) is 1. The van der Waals surface area contributed by atoms with Gasteiger partial charge >= 0.3 is 17.1 Å². The van der Waals surface area contributed by atoms with Crippen LogP contribution in [-0.4, -0.2) is 61.7 Å². The zero-order valence-electron chi connectivity index (χ0n) is 22.5. The lowest BCUT2D eigenvalue weighted by Crippen LogP contribution is -2.65. The van der Waals surface area contributed by atoms with Crippen LogP contribution in [0.4, 0.5) is 5.82 Å². The number of anilines is 1. The van der Waals surface area contributed by atoms with Crippen molar-refractivity contribution in [3.05, 3.63) is 18.6 Å². The van der Waals surface area contributed by atoms with E-state index in [2.05, 4.69) is 65.4 Å². The average molecular weight is 510 g/mol. The number of nitrogens with two attached hydrogens (primary N) is 1. The fourth-order valence-electron chi connectivity index (χ4n) is 5.41. The molecule has 2 fully saturated rings. The highest BCUT2D eigenvalue weighted by Crippen LogP contribution is 2.48. The molecule has 2 aliphatic rings. The van der Waals surface area contributed by atoms with Gasteiger partial charge in [0.1, 0.15) is 36.1 Å². The van der Waals surface area contributed by atoms with Gasteiger partial charge in [-0.15, -0.1) is 0 Å². The van der Waals surface area contributed by atoms with Crippen LogP contribution in [0.2, 0.25) is 22.2 Å². The van der Waals surface area contributed by atoms with Crippen LogP contribution < -0.4 is 5.73 Å². The van der Waals surface area contributed by atoms with Crippen LogP contribution in [0, 0.1) is 0 Å². The average Bonchev–Trinajstić information content (AvgIpc) is 3.26. The molecule has 0 bridgehead atoms. The summed E-state index contributed by atoms with van der Waals surface area (Å²) in [4.78, 5) is 8.38. The van der Waals surface area contributed by atoms with E-state index in [9.17, 15) is 5.11 Å². The highest BCUT2D eigenvalue weighted by atomic mass is 28.5. The second-order valence-electron chi connectivity index (χ2n) is 10.7. The van der Waals surface area contributed by atoms with Gasteiger partial charge in [-0.05, 0) is 28.2 Å². The molecule has 0 radical (unpaired) electrons. The maximum Gasteiger partial charge on any atom is 0.335 e. The van der Waals surface area contributed by atoms with Gasteiger partial charge in [0.05, 0.1) is 13.4 Å². The Morgan fingerprint density at radius 3 is 2.26 bits per heavy atom. The van der Waals surface area contributed by atoms with Crippen molar-refractivity contribution in [2.45, 2.75) is 102 Å². The number of hydrogen-bond acceptors (Lipinski definition) is 8. The number of fused-ring (bicyclic) bond motifs is 2. The number of aromatic nitrogens is 3. The summed E-state index contributed by atoms with van der Waals surface area (Å²) >= 11 is 0. The molecule has 0 amide bonds. The van der Waals surface area contributed by atoms with Crippen molar-refractivity contribution < 1.29 is 24.2 Å². The van der Waals surface area contributed by atoms with Gasteiger partial charge in [0, 0.05) is 6.20 Å². The molecule has 4 rings (SSSR count). The van der Waals surface area contributed by atoms with Gasteiger partial charge in [-0.3, -0.25) is 0 Å². The number of nitrogen functional groups attached to an aromatic ring is 1. The molecular formula is C23H40N4O5Si2. The predicted octanol–water partition coefficient (Wildman–Crippen LogP) is 4.23. The molecule has 0 saturated carbocycles. The zero-order valence-corrected chi connectivity index (χ0v) is 23.5. The molecule has 2 saturated heterocycles. The van der Waals surface area contributed by atoms with E-state index in [1.165, 1.54) is 6.33 Å². The van der Waals surface area contributed by atoms with Crippen molar-refractivity contribution in [1.82, 2.24) is 14.5 Å². The van der Waals surface area contributed by atoms with Crippen molar-refractivity contribution in [3.63, 3.8) is 0 Å². The summed E-state index contributed by atoms with van der Waals surface area (Å²) < 4.78 is 37.9. The van der Waals surface area contributed by atoms with Crippen LogP contribution in [0.15, 0.2) is 18.6 Å². The number of nitrogens with zero attached hydrogens (tertiary/aromatic N) is 3. The van der Waals surface area contributed by atoms with Crippen molar-refractivity contribution in [1.29, 1.82) is 0 Å². The minimum Gasteiger partial charge on any atom is -0.414 e. The van der Waals surface area contributed by atoms with Crippen LogP contribution in [0.1, 0.15) is 63.0 Å². The summed E-state index contributed by atoms with van der Waals surface area (Å²) in [6.45, 7) is 17.2. The van der Waals surface area contributed by atoms with Crippen molar-refractivity contribution in [3.8, 4) is 0 Å². The minimum absolute atomic E-state index is 0.0732. The van der Waals surface area contributed by atoms with Crippen LogP contribution in [0.25, 0.3) is 11.0 Å². The highest BCUT2D eigenvalue weighted by molar-refractivity contribution is 6.84. The highest BCUT2D eigenvalue weighted by Gasteiger charge is 2.61. The second-order valence-corrected chi connectivity index (χ2v) is 19.5. The third-order valence-electron chi connectivity index (χ3n) is 7.30. The summed E-state index contributed by atoms with van der Waals surface area (Å²) in [6, 6.07) is 1.77. The number of aliphatic hydroxyl groups is 1. The molecule has 11 heteroatoms. The van der Waals surface area contributed by atoms with Gasteiger partial charge in [-0.25, -0.2) is 9.97 Å². The number of rotatable bonds is 5. The van der Waals surface area contributed by atoms with Gasteiger partial charge in [-0.2, -0.15) is 0 Å². The number of hydrogen-bond donors (Lipinski definition) is 2. The molecule has 4 heterocycles. The van der Waals surface area contributed by atoms with E-state index in [1.807, 2.05) is 0 Å². The molecule has 190 valence electrons. The van der Waals surface area contributed by atoms with Crippen molar-refractivity contribution in [2.75, 3.05) is 12.3 Å². The van der Waals surface area contributed by atoms with Crippen LogP contribution in [0.3, 0.4) is 0 Å². The van der Waals surface area contributed by atoms with Gasteiger partial charge < -0.3 is 33.1 Å². The molecule has 34 heavy (non-hydrogen) atoms. The molecule has 0 unspecified atom stereocenters. The maximum atomic E-state index is 11.7. The van der Waals surface area contributed by atoms with E-state index in [1.54, 1.807) is 16.8 Å². The molecule has 9 nitrogen and oxygen atoms in total. The molecule has 4 atom stereocenters. The van der Waals surface area contributed by atoms with Gasteiger partial charge in [0.2, 0.25) is 0 Å². The standard InChI is InChI=1S/C23H40N4O5Si2/c1-13(2)33(14(3)4)29-11-18-20(31-34(32-33,15(5)6)16(7)8)19(28)23(30-18)27-10-9-17-21(24)25-12-26-22(17)27/h9-10,12-16,18-20,23,28H,11H2,1-8H3,(H2,24,25,26)/t18-,19-,20-,23-/m1/s1/i19D. The quantitative estimate of drug-likeness (QED) is 0.576. The predicted molar refractivity (Wildman–Crippen MR) is 136 cm³/mol. The maximum absolute atomic E-state index is 11.7. The molecule has 2 aromatic rings. The first kappa shape index (κ1) is 24.4.